The fraction of sp³-hybridized carbons (Fsp3) is 0.333. The fourth-order valence-electron chi connectivity index (χ4n) is 3.17. The number of nitrogens with two attached hydrogens (primary N) is 2. The van der Waals surface area contributed by atoms with Crippen molar-refractivity contribution in [1.29, 1.82) is 0 Å². The molecule has 0 amide bonds. The summed E-state index contributed by atoms with van der Waals surface area (Å²) in [4.78, 5) is 8.09. The van der Waals surface area contributed by atoms with Gasteiger partial charge in [0.25, 0.3) is 0 Å². The fourth-order valence-corrected chi connectivity index (χ4v) is 3.17. The van der Waals surface area contributed by atoms with Crippen molar-refractivity contribution < 1.29 is 13.2 Å². The van der Waals surface area contributed by atoms with E-state index in [0.717, 1.165) is 36.1 Å². The van der Waals surface area contributed by atoms with Gasteiger partial charge in [0.05, 0.1) is 11.3 Å². The highest BCUT2D eigenvalue weighted by Crippen LogP contribution is 2.54. The number of halogens is 3. The number of anilines is 2. The van der Waals surface area contributed by atoms with Crippen LogP contribution in [-0.2, 0) is 11.6 Å². The molecule has 0 radical (unpaired) electrons. The van der Waals surface area contributed by atoms with Gasteiger partial charge in [-0.15, -0.1) is 0 Å². The molecule has 4 N–H and O–H groups in total. The zero-order valence-electron chi connectivity index (χ0n) is 14.0. The summed E-state index contributed by atoms with van der Waals surface area (Å²) in [5.74, 6) is 0.418. The minimum atomic E-state index is -4.33. The highest BCUT2D eigenvalue weighted by atomic mass is 19.4. The second-order valence-corrected chi connectivity index (χ2v) is 6.45. The molecule has 0 unspecified atom stereocenters. The van der Waals surface area contributed by atoms with Gasteiger partial charge in [-0.2, -0.15) is 18.2 Å². The first-order chi connectivity index (χ1) is 11.6. The smallest absolute Gasteiger partial charge is 0.383 e. The molecule has 1 heterocycles. The predicted molar refractivity (Wildman–Crippen MR) is 91.6 cm³/mol. The molecule has 1 aliphatic rings. The molecule has 1 aliphatic carbocycles. The molecule has 0 spiro atoms. The van der Waals surface area contributed by atoms with Crippen LogP contribution in [-0.4, -0.2) is 9.97 Å². The van der Waals surface area contributed by atoms with Crippen molar-refractivity contribution in [1.82, 2.24) is 9.97 Å². The first-order valence-electron chi connectivity index (χ1n) is 7.89. The lowest BCUT2D eigenvalue weighted by atomic mass is 9.87. The SMILES string of the molecule is C/C(=C\c1c(C)nc(N)nc1N)C1(c2ccc(C(F)(F)F)cc2)CC1. The number of hydrogen-bond acceptors (Lipinski definition) is 4. The summed E-state index contributed by atoms with van der Waals surface area (Å²) in [6, 6.07) is 5.38. The summed E-state index contributed by atoms with van der Waals surface area (Å²) < 4.78 is 38.2. The van der Waals surface area contributed by atoms with Crippen molar-refractivity contribution in [2.24, 2.45) is 0 Å². The largest absolute Gasteiger partial charge is 0.416 e. The maximum Gasteiger partial charge on any atom is 0.416 e. The van der Waals surface area contributed by atoms with Crippen LogP contribution in [0.2, 0.25) is 0 Å². The molecule has 2 aromatic rings. The lowest BCUT2D eigenvalue weighted by molar-refractivity contribution is -0.137. The maximum absolute atomic E-state index is 12.7. The van der Waals surface area contributed by atoms with Gasteiger partial charge in [-0.3, -0.25) is 0 Å². The Labute approximate surface area is 143 Å². The summed E-state index contributed by atoms with van der Waals surface area (Å²) in [5.41, 5.74) is 13.9. The van der Waals surface area contributed by atoms with Crippen molar-refractivity contribution >= 4 is 17.8 Å². The molecule has 132 valence electrons. The van der Waals surface area contributed by atoms with Crippen LogP contribution in [0.3, 0.4) is 0 Å². The first kappa shape index (κ1) is 17.3. The van der Waals surface area contributed by atoms with Crippen LogP contribution >= 0.6 is 0 Å². The van der Waals surface area contributed by atoms with E-state index < -0.39 is 11.7 Å². The van der Waals surface area contributed by atoms with Gasteiger partial charge in [0.1, 0.15) is 5.82 Å². The van der Waals surface area contributed by atoms with Gasteiger partial charge < -0.3 is 11.5 Å². The Morgan fingerprint density at radius 3 is 2.20 bits per heavy atom. The van der Waals surface area contributed by atoms with E-state index in [1.807, 2.05) is 13.0 Å². The summed E-state index contributed by atoms with van der Waals surface area (Å²) in [5, 5.41) is 0. The zero-order chi connectivity index (χ0) is 18.4. The normalized spacial score (nSPS) is 16.8. The van der Waals surface area contributed by atoms with Gasteiger partial charge in [0.15, 0.2) is 0 Å². The van der Waals surface area contributed by atoms with Crippen LogP contribution in [0.25, 0.3) is 6.08 Å². The Kier molecular flexibility index (Phi) is 3.97. The highest BCUT2D eigenvalue weighted by molar-refractivity contribution is 5.68. The van der Waals surface area contributed by atoms with Crippen LogP contribution in [0.5, 0.6) is 0 Å². The number of aryl methyl sites for hydroxylation is 1. The van der Waals surface area contributed by atoms with E-state index in [0.29, 0.717) is 17.1 Å². The lowest BCUT2D eigenvalue weighted by Gasteiger charge is -2.19. The van der Waals surface area contributed by atoms with E-state index >= 15 is 0 Å². The third kappa shape index (κ3) is 3.18. The number of allylic oxidation sites excluding steroid dienone is 1. The Bertz CT molecular complexity index is 811. The van der Waals surface area contributed by atoms with Crippen LogP contribution in [0.4, 0.5) is 24.9 Å². The van der Waals surface area contributed by atoms with E-state index in [1.54, 1.807) is 19.1 Å². The molecule has 1 aromatic heterocycles. The summed E-state index contributed by atoms with van der Waals surface area (Å²) in [6.07, 6.45) is -0.646. The van der Waals surface area contributed by atoms with E-state index in [9.17, 15) is 13.2 Å². The molecule has 0 bridgehead atoms. The van der Waals surface area contributed by atoms with Gasteiger partial charge >= 0.3 is 6.18 Å². The number of hydrogen-bond donors (Lipinski definition) is 2. The molecular weight excluding hydrogens is 329 g/mol. The monoisotopic (exact) mass is 348 g/mol. The van der Waals surface area contributed by atoms with Gasteiger partial charge in [-0.25, -0.2) is 4.98 Å². The molecule has 0 saturated heterocycles. The van der Waals surface area contributed by atoms with Crippen LogP contribution in [0.15, 0.2) is 29.8 Å². The quantitative estimate of drug-likeness (QED) is 0.875. The number of aromatic nitrogens is 2. The van der Waals surface area contributed by atoms with Crippen molar-refractivity contribution in [3.05, 3.63) is 52.2 Å². The number of nitrogens with zero attached hydrogens (tertiary/aromatic N) is 2. The number of rotatable bonds is 3. The summed E-state index contributed by atoms with van der Waals surface area (Å²) >= 11 is 0. The molecule has 1 saturated carbocycles. The molecule has 3 rings (SSSR count). The minimum Gasteiger partial charge on any atom is -0.383 e. The predicted octanol–water partition coefficient (Wildman–Crippen LogP) is 4.10. The number of benzene rings is 1. The van der Waals surface area contributed by atoms with Gasteiger partial charge in [0, 0.05) is 11.0 Å². The Hall–Kier alpha value is -2.57. The van der Waals surface area contributed by atoms with Gasteiger partial charge in [-0.05, 0) is 50.5 Å². The van der Waals surface area contributed by atoms with E-state index in [4.69, 9.17) is 11.5 Å². The number of alkyl halides is 3. The summed E-state index contributed by atoms with van der Waals surface area (Å²) in [7, 11) is 0. The second kappa shape index (κ2) is 5.75. The zero-order valence-corrected chi connectivity index (χ0v) is 14.0. The highest BCUT2D eigenvalue weighted by Gasteiger charge is 2.46. The van der Waals surface area contributed by atoms with Gasteiger partial charge in [0.2, 0.25) is 5.95 Å². The Balaban J connectivity index is 1.96. The van der Waals surface area contributed by atoms with E-state index in [2.05, 4.69) is 9.97 Å². The van der Waals surface area contributed by atoms with Crippen LogP contribution in [0.1, 0.15) is 42.1 Å². The molecular formula is C18H19F3N4. The van der Waals surface area contributed by atoms with Crippen molar-refractivity contribution in [2.45, 2.75) is 38.3 Å². The third-order valence-electron chi connectivity index (χ3n) is 4.81. The minimum absolute atomic E-state index is 0.119. The average Bonchev–Trinajstić information content (AvgIpc) is 3.32. The third-order valence-corrected chi connectivity index (χ3v) is 4.81. The van der Waals surface area contributed by atoms with E-state index in [1.165, 1.54) is 0 Å². The topological polar surface area (TPSA) is 77.8 Å². The average molecular weight is 348 g/mol. The number of nitrogen functional groups attached to an aromatic ring is 2. The van der Waals surface area contributed by atoms with Crippen LogP contribution in [0, 0.1) is 6.92 Å². The maximum atomic E-state index is 12.7. The molecule has 4 nitrogen and oxygen atoms in total. The molecule has 1 aromatic carbocycles. The Morgan fingerprint density at radius 1 is 1.12 bits per heavy atom. The standard InChI is InChI=1S/C18H19F3N4/c1-10(9-14-11(2)24-16(23)25-15(14)22)17(7-8-17)12-3-5-13(6-4-12)18(19,20)21/h3-6,9H,7-8H2,1-2H3,(H4,22,23,24,25)/b10-9+. The van der Waals surface area contributed by atoms with Crippen LogP contribution < -0.4 is 11.5 Å². The molecule has 0 aliphatic heterocycles. The Morgan fingerprint density at radius 2 is 1.72 bits per heavy atom. The van der Waals surface area contributed by atoms with Crippen molar-refractivity contribution in [2.75, 3.05) is 11.5 Å². The second-order valence-electron chi connectivity index (χ2n) is 6.45. The van der Waals surface area contributed by atoms with Crippen molar-refractivity contribution in [3.63, 3.8) is 0 Å². The van der Waals surface area contributed by atoms with Gasteiger partial charge in [-0.1, -0.05) is 17.7 Å². The summed E-state index contributed by atoms with van der Waals surface area (Å²) in [6.45, 7) is 3.76. The molecule has 0 atom stereocenters. The molecule has 1 fully saturated rings. The molecule has 25 heavy (non-hydrogen) atoms. The van der Waals surface area contributed by atoms with E-state index in [-0.39, 0.29) is 11.4 Å². The first-order valence-corrected chi connectivity index (χ1v) is 7.89. The molecule has 7 heteroatoms. The van der Waals surface area contributed by atoms with Crippen molar-refractivity contribution in [3.8, 4) is 0 Å². The lowest BCUT2D eigenvalue weighted by Crippen LogP contribution is -2.11.